The third kappa shape index (κ3) is 3.71. The van der Waals surface area contributed by atoms with Crippen molar-refractivity contribution in [3.8, 4) is 0 Å². The summed E-state index contributed by atoms with van der Waals surface area (Å²) in [6.07, 6.45) is 0. The zero-order valence-corrected chi connectivity index (χ0v) is 11.6. The van der Waals surface area contributed by atoms with E-state index in [0.29, 0.717) is 11.5 Å². The lowest BCUT2D eigenvalue weighted by atomic mass is 9.88. The van der Waals surface area contributed by atoms with Crippen LogP contribution in [0.5, 0.6) is 0 Å². The maximum atomic E-state index is 3.54. The molecular formula is C11H18BrNS. The molecule has 0 saturated heterocycles. The third-order valence-corrected chi connectivity index (χ3v) is 4.09. The number of hydrogen-bond acceptors (Lipinski definition) is 2. The number of nitrogens with one attached hydrogen (secondary N) is 1. The summed E-state index contributed by atoms with van der Waals surface area (Å²) >= 11 is 5.21. The quantitative estimate of drug-likeness (QED) is 0.878. The van der Waals surface area contributed by atoms with Gasteiger partial charge in [0.25, 0.3) is 0 Å². The standard InChI is InChI=1S/C11H18BrNS/c1-8(11(2,3)4)13-6-9-5-10(12)14-7-9/h5,7-8,13H,6H2,1-4H3. The van der Waals surface area contributed by atoms with Crippen LogP contribution >= 0.6 is 27.3 Å². The summed E-state index contributed by atoms with van der Waals surface area (Å²) < 4.78 is 1.21. The average molecular weight is 276 g/mol. The average Bonchev–Trinajstić information content (AvgIpc) is 2.45. The fourth-order valence-electron chi connectivity index (χ4n) is 1.02. The van der Waals surface area contributed by atoms with Crippen molar-refractivity contribution in [1.82, 2.24) is 5.32 Å². The Morgan fingerprint density at radius 2 is 2.14 bits per heavy atom. The van der Waals surface area contributed by atoms with E-state index in [2.05, 4.69) is 60.4 Å². The van der Waals surface area contributed by atoms with Gasteiger partial charge in [0, 0.05) is 12.6 Å². The van der Waals surface area contributed by atoms with E-state index in [0.717, 1.165) is 6.54 Å². The Morgan fingerprint density at radius 3 is 2.57 bits per heavy atom. The van der Waals surface area contributed by atoms with Crippen LogP contribution in [0.15, 0.2) is 15.2 Å². The predicted octanol–water partition coefficient (Wildman–Crippen LogP) is 4.03. The molecule has 0 aromatic carbocycles. The molecule has 0 saturated carbocycles. The van der Waals surface area contributed by atoms with Crippen molar-refractivity contribution >= 4 is 27.3 Å². The fourth-order valence-corrected chi connectivity index (χ4v) is 2.22. The van der Waals surface area contributed by atoms with Gasteiger partial charge in [0.1, 0.15) is 0 Å². The van der Waals surface area contributed by atoms with Crippen LogP contribution in [-0.4, -0.2) is 6.04 Å². The van der Waals surface area contributed by atoms with E-state index in [4.69, 9.17) is 0 Å². The molecule has 1 heterocycles. The van der Waals surface area contributed by atoms with Crippen LogP contribution in [0.1, 0.15) is 33.3 Å². The molecule has 1 unspecified atom stereocenters. The number of hydrogen-bond donors (Lipinski definition) is 1. The molecule has 0 aliphatic carbocycles. The van der Waals surface area contributed by atoms with Crippen LogP contribution in [0.2, 0.25) is 0 Å². The Morgan fingerprint density at radius 1 is 1.50 bits per heavy atom. The lowest BCUT2D eigenvalue weighted by molar-refractivity contribution is 0.285. The van der Waals surface area contributed by atoms with Gasteiger partial charge >= 0.3 is 0 Å². The van der Waals surface area contributed by atoms with E-state index in [9.17, 15) is 0 Å². The highest BCUT2D eigenvalue weighted by atomic mass is 79.9. The lowest BCUT2D eigenvalue weighted by Crippen LogP contribution is -2.37. The maximum Gasteiger partial charge on any atom is 0.0701 e. The molecule has 3 heteroatoms. The Hall–Kier alpha value is 0.140. The molecule has 0 spiro atoms. The van der Waals surface area contributed by atoms with E-state index in [1.807, 2.05) is 0 Å². The molecule has 0 aliphatic heterocycles. The van der Waals surface area contributed by atoms with Crippen molar-refractivity contribution < 1.29 is 0 Å². The zero-order valence-electron chi connectivity index (χ0n) is 9.23. The molecule has 14 heavy (non-hydrogen) atoms. The van der Waals surface area contributed by atoms with E-state index in [1.54, 1.807) is 11.3 Å². The first kappa shape index (κ1) is 12.2. The second kappa shape index (κ2) is 4.77. The minimum Gasteiger partial charge on any atom is -0.310 e. The predicted molar refractivity (Wildman–Crippen MR) is 67.8 cm³/mol. The Labute approximate surface area is 99.0 Å². The molecular weight excluding hydrogens is 258 g/mol. The molecule has 0 radical (unpaired) electrons. The highest BCUT2D eigenvalue weighted by molar-refractivity contribution is 9.11. The van der Waals surface area contributed by atoms with Gasteiger partial charge in [0.2, 0.25) is 0 Å². The van der Waals surface area contributed by atoms with Crippen molar-refractivity contribution in [2.45, 2.75) is 40.3 Å². The lowest BCUT2D eigenvalue weighted by Gasteiger charge is -2.28. The van der Waals surface area contributed by atoms with Crippen molar-refractivity contribution in [3.63, 3.8) is 0 Å². The molecule has 0 aliphatic rings. The van der Waals surface area contributed by atoms with Gasteiger partial charge in [-0.25, -0.2) is 0 Å². The monoisotopic (exact) mass is 275 g/mol. The van der Waals surface area contributed by atoms with E-state index in [-0.39, 0.29) is 0 Å². The minimum atomic E-state index is 0.327. The molecule has 1 aromatic heterocycles. The van der Waals surface area contributed by atoms with Crippen LogP contribution in [-0.2, 0) is 6.54 Å². The van der Waals surface area contributed by atoms with Gasteiger partial charge in [0.05, 0.1) is 3.79 Å². The topological polar surface area (TPSA) is 12.0 Å². The van der Waals surface area contributed by atoms with Crippen LogP contribution < -0.4 is 5.32 Å². The molecule has 0 bridgehead atoms. The summed E-state index contributed by atoms with van der Waals surface area (Å²) in [6, 6.07) is 2.70. The van der Waals surface area contributed by atoms with Crippen LogP contribution in [0, 0.1) is 5.41 Å². The Balaban J connectivity index is 2.41. The highest BCUT2D eigenvalue weighted by Gasteiger charge is 2.18. The van der Waals surface area contributed by atoms with Crippen LogP contribution in [0.4, 0.5) is 0 Å². The number of thiophene rings is 1. The highest BCUT2D eigenvalue weighted by Crippen LogP contribution is 2.22. The van der Waals surface area contributed by atoms with Gasteiger partial charge in [-0.1, -0.05) is 20.8 Å². The van der Waals surface area contributed by atoms with Crippen LogP contribution in [0.25, 0.3) is 0 Å². The van der Waals surface area contributed by atoms with E-state index in [1.165, 1.54) is 9.35 Å². The van der Waals surface area contributed by atoms with E-state index >= 15 is 0 Å². The van der Waals surface area contributed by atoms with Crippen molar-refractivity contribution in [3.05, 3.63) is 20.8 Å². The molecule has 0 fully saturated rings. The van der Waals surface area contributed by atoms with Crippen molar-refractivity contribution in [2.24, 2.45) is 5.41 Å². The molecule has 80 valence electrons. The summed E-state index contributed by atoms with van der Waals surface area (Å²) in [5.74, 6) is 0. The number of halogens is 1. The van der Waals surface area contributed by atoms with Gasteiger partial charge in [-0.15, -0.1) is 11.3 Å². The largest absolute Gasteiger partial charge is 0.310 e. The van der Waals surface area contributed by atoms with Gasteiger partial charge in [0.15, 0.2) is 0 Å². The van der Waals surface area contributed by atoms with Gasteiger partial charge in [-0.05, 0) is 45.3 Å². The second-order valence-corrected chi connectivity index (χ2v) is 7.02. The summed E-state index contributed by atoms with van der Waals surface area (Å²) in [5, 5.41) is 5.72. The van der Waals surface area contributed by atoms with Gasteiger partial charge in [-0.3, -0.25) is 0 Å². The molecule has 1 aromatic rings. The normalized spacial score (nSPS) is 14.4. The van der Waals surface area contributed by atoms with Crippen LogP contribution in [0.3, 0.4) is 0 Å². The maximum absolute atomic E-state index is 3.54. The molecule has 1 rings (SSSR count). The number of rotatable bonds is 3. The van der Waals surface area contributed by atoms with Crippen molar-refractivity contribution in [1.29, 1.82) is 0 Å². The van der Waals surface area contributed by atoms with Gasteiger partial charge in [-0.2, -0.15) is 0 Å². The van der Waals surface area contributed by atoms with Gasteiger partial charge < -0.3 is 5.32 Å². The Kier molecular flexibility index (Phi) is 4.16. The SMILES string of the molecule is CC(NCc1csc(Br)c1)C(C)(C)C. The van der Waals surface area contributed by atoms with Crippen molar-refractivity contribution in [2.75, 3.05) is 0 Å². The zero-order chi connectivity index (χ0) is 10.8. The van der Waals surface area contributed by atoms with E-state index < -0.39 is 0 Å². The molecule has 1 N–H and O–H groups in total. The third-order valence-electron chi connectivity index (χ3n) is 2.53. The Bertz CT molecular complexity index is 288. The fraction of sp³-hybridized carbons (Fsp3) is 0.636. The summed E-state index contributed by atoms with van der Waals surface area (Å²) in [5.41, 5.74) is 1.69. The molecule has 1 nitrogen and oxygen atoms in total. The minimum absolute atomic E-state index is 0.327. The summed E-state index contributed by atoms with van der Waals surface area (Å²) in [6.45, 7) is 9.97. The smallest absolute Gasteiger partial charge is 0.0701 e. The first-order chi connectivity index (χ1) is 6.39. The second-order valence-electron chi connectivity index (χ2n) is 4.73. The summed E-state index contributed by atoms with van der Waals surface area (Å²) in [4.78, 5) is 0. The summed E-state index contributed by atoms with van der Waals surface area (Å²) in [7, 11) is 0. The molecule has 1 atom stereocenters. The first-order valence-electron chi connectivity index (χ1n) is 4.86. The molecule has 0 amide bonds. The first-order valence-corrected chi connectivity index (χ1v) is 6.53.